The quantitative estimate of drug-likeness (QED) is 0.612. The lowest BCUT2D eigenvalue weighted by Gasteiger charge is -2.17. The molecule has 0 aromatic heterocycles. The molecule has 4 nitrogen and oxygen atoms in total. The number of anilines is 1. The first-order valence-corrected chi connectivity index (χ1v) is 8.85. The highest BCUT2D eigenvalue weighted by atomic mass is 35.5. The molecule has 2 fully saturated rings. The second-order valence-electron chi connectivity index (χ2n) is 6.62. The average molecular weight is 356 g/mol. The van der Waals surface area contributed by atoms with Gasteiger partial charge in [0.05, 0.1) is 5.41 Å². The molecule has 0 bridgehead atoms. The Hall–Kier alpha value is -2.33. The zero-order chi connectivity index (χ0) is 17.4. The van der Waals surface area contributed by atoms with Crippen LogP contribution in [0.5, 0.6) is 5.75 Å². The molecule has 1 aliphatic carbocycles. The van der Waals surface area contributed by atoms with Gasteiger partial charge in [-0.3, -0.25) is 9.59 Å². The van der Waals surface area contributed by atoms with Crippen LogP contribution in [0, 0.1) is 0 Å². The van der Waals surface area contributed by atoms with Gasteiger partial charge in [-0.05, 0) is 61.2 Å². The SMILES string of the molecule is O=C1CCCN1c1ccc(OC(=O)C2(c3cccc(Cl)c3)CC2)cc1. The van der Waals surface area contributed by atoms with E-state index in [1.807, 2.05) is 30.3 Å². The molecule has 0 radical (unpaired) electrons. The second-order valence-corrected chi connectivity index (χ2v) is 7.06. The van der Waals surface area contributed by atoms with Crippen LogP contribution in [-0.4, -0.2) is 18.4 Å². The van der Waals surface area contributed by atoms with Crippen LogP contribution >= 0.6 is 11.6 Å². The third-order valence-electron chi connectivity index (χ3n) is 4.95. The van der Waals surface area contributed by atoms with Crippen LogP contribution in [0.4, 0.5) is 5.69 Å². The summed E-state index contributed by atoms with van der Waals surface area (Å²) in [5.41, 5.74) is 1.18. The van der Waals surface area contributed by atoms with Gasteiger partial charge in [-0.25, -0.2) is 0 Å². The molecular weight excluding hydrogens is 338 g/mol. The topological polar surface area (TPSA) is 46.6 Å². The molecule has 1 saturated heterocycles. The Morgan fingerprint density at radius 2 is 1.88 bits per heavy atom. The monoisotopic (exact) mass is 355 g/mol. The van der Waals surface area contributed by atoms with E-state index < -0.39 is 5.41 Å². The molecule has 2 aromatic rings. The maximum absolute atomic E-state index is 12.7. The molecule has 4 rings (SSSR count). The molecule has 0 unspecified atom stereocenters. The van der Waals surface area contributed by atoms with E-state index in [9.17, 15) is 9.59 Å². The molecule has 5 heteroatoms. The van der Waals surface area contributed by atoms with E-state index in [2.05, 4.69) is 0 Å². The molecule has 0 spiro atoms. The summed E-state index contributed by atoms with van der Waals surface area (Å²) in [5.74, 6) is 0.385. The fourth-order valence-corrected chi connectivity index (χ4v) is 3.53. The predicted molar refractivity (Wildman–Crippen MR) is 96.0 cm³/mol. The largest absolute Gasteiger partial charge is 0.426 e. The van der Waals surface area contributed by atoms with E-state index in [-0.39, 0.29) is 11.9 Å². The maximum atomic E-state index is 12.7. The number of carbonyl (C=O) groups excluding carboxylic acids is 2. The first-order valence-electron chi connectivity index (χ1n) is 8.47. The molecule has 1 aliphatic heterocycles. The van der Waals surface area contributed by atoms with Crippen LogP contribution in [0.25, 0.3) is 0 Å². The highest BCUT2D eigenvalue weighted by molar-refractivity contribution is 6.30. The lowest BCUT2D eigenvalue weighted by atomic mass is 9.96. The van der Waals surface area contributed by atoms with Gasteiger partial charge in [0.25, 0.3) is 0 Å². The van der Waals surface area contributed by atoms with Crippen molar-refractivity contribution >= 4 is 29.2 Å². The van der Waals surface area contributed by atoms with Crippen molar-refractivity contribution in [2.45, 2.75) is 31.1 Å². The lowest BCUT2D eigenvalue weighted by Crippen LogP contribution is -2.26. The third kappa shape index (κ3) is 3.02. The van der Waals surface area contributed by atoms with Crippen LogP contribution < -0.4 is 9.64 Å². The summed E-state index contributed by atoms with van der Waals surface area (Å²) in [6.07, 6.45) is 3.02. The summed E-state index contributed by atoms with van der Waals surface area (Å²) in [7, 11) is 0. The minimum atomic E-state index is -0.575. The Bertz CT molecular complexity index is 827. The van der Waals surface area contributed by atoms with E-state index in [1.54, 1.807) is 23.1 Å². The number of ether oxygens (including phenoxy) is 1. The maximum Gasteiger partial charge on any atom is 0.321 e. The van der Waals surface area contributed by atoms with Gasteiger partial charge < -0.3 is 9.64 Å². The predicted octanol–water partition coefficient (Wildman–Crippen LogP) is 4.10. The molecule has 1 saturated carbocycles. The van der Waals surface area contributed by atoms with E-state index in [0.29, 0.717) is 17.2 Å². The van der Waals surface area contributed by atoms with Crippen molar-refractivity contribution in [3.63, 3.8) is 0 Å². The molecule has 1 heterocycles. The minimum absolute atomic E-state index is 0.141. The van der Waals surface area contributed by atoms with E-state index in [0.717, 1.165) is 37.1 Å². The van der Waals surface area contributed by atoms with Crippen LogP contribution in [0.2, 0.25) is 5.02 Å². The molecular formula is C20H18ClNO3. The molecule has 0 atom stereocenters. The summed E-state index contributed by atoms with van der Waals surface area (Å²) in [6, 6.07) is 14.5. The van der Waals surface area contributed by atoms with Crippen LogP contribution in [0.15, 0.2) is 48.5 Å². The van der Waals surface area contributed by atoms with Gasteiger partial charge in [-0.2, -0.15) is 0 Å². The van der Waals surface area contributed by atoms with Crippen molar-refractivity contribution < 1.29 is 14.3 Å². The normalized spacial score (nSPS) is 18.3. The Morgan fingerprint density at radius 1 is 1.12 bits per heavy atom. The number of nitrogens with zero attached hydrogens (tertiary/aromatic N) is 1. The lowest BCUT2D eigenvalue weighted by molar-refractivity contribution is -0.137. The number of benzene rings is 2. The number of hydrogen-bond acceptors (Lipinski definition) is 3. The number of hydrogen-bond donors (Lipinski definition) is 0. The van der Waals surface area contributed by atoms with Gasteiger partial charge in [-0.1, -0.05) is 23.7 Å². The Morgan fingerprint density at radius 3 is 2.48 bits per heavy atom. The highest BCUT2D eigenvalue weighted by Gasteiger charge is 2.53. The molecule has 1 amide bonds. The summed E-state index contributed by atoms with van der Waals surface area (Å²) >= 11 is 6.05. The van der Waals surface area contributed by atoms with Crippen molar-refractivity contribution in [3.8, 4) is 5.75 Å². The fraction of sp³-hybridized carbons (Fsp3) is 0.300. The van der Waals surface area contributed by atoms with E-state index in [4.69, 9.17) is 16.3 Å². The van der Waals surface area contributed by atoms with Crippen molar-refractivity contribution in [1.82, 2.24) is 0 Å². The summed E-state index contributed by atoms with van der Waals surface area (Å²) in [5, 5.41) is 0.621. The average Bonchev–Trinajstić information content (AvgIpc) is 3.32. The van der Waals surface area contributed by atoms with Gasteiger partial charge >= 0.3 is 5.97 Å². The van der Waals surface area contributed by atoms with Crippen molar-refractivity contribution in [2.24, 2.45) is 0 Å². The smallest absolute Gasteiger partial charge is 0.321 e. The second kappa shape index (κ2) is 6.19. The number of esters is 1. The molecule has 0 N–H and O–H groups in total. The van der Waals surface area contributed by atoms with E-state index in [1.165, 1.54) is 0 Å². The summed E-state index contributed by atoms with van der Waals surface area (Å²) in [4.78, 5) is 26.2. The van der Waals surface area contributed by atoms with Crippen molar-refractivity contribution in [1.29, 1.82) is 0 Å². The van der Waals surface area contributed by atoms with E-state index >= 15 is 0 Å². The first kappa shape index (κ1) is 16.2. The number of carbonyl (C=O) groups is 2. The zero-order valence-electron chi connectivity index (χ0n) is 13.7. The minimum Gasteiger partial charge on any atom is -0.426 e. The molecule has 128 valence electrons. The summed E-state index contributed by atoms with van der Waals surface area (Å²) < 4.78 is 5.59. The number of rotatable bonds is 4. The Balaban J connectivity index is 1.49. The van der Waals surface area contributed by atoms with Gasteiger partial charge in [0.1, 0.15) is 5.75 Å². The number of halogens is 1. The Labute approximate surface area is 151 Å². The van der Waals surface area contributed by atoms with Gasteiger partial charge in [-0.15, -0.1) is 0 Å². The third-order valence-corrected chi connectivity index (χ3v) is 5.19. The molecule has 25 heavy (non-hydrogen) atoms. The van der Waals surface area contributed by atoms with Crippen LogP contribution in [-0.2, 0) is 15.0 Å². The molecule has 2 aliphatic rings. The summed E-state index contributed by atoms with van der Waals surface area (Å²) in [6.45, 7) is 0.746. The zero-order valence-corrected chi connectivity index (χ0v) is 14.5. The number of amides is 1. The highest BCUT2D eigenvalue weighted by Crippen LogP contribution is 2.49. The van der Waals surface area contributed by atoms with Crippen molar-refractivity contribution in [3.05, 3.63) is 59.1 Å². The van der Waals surface area contributed by atoms with Gasteiger partial charge in [0.15, 0.2) is 0 Å². The Kier molecular flexibility index (Phi) is 4.00. The van der Waals surface area contributed by atoms with Crippen LogP contribution in [0.3, 0.4) is 0 Å². The van der Waals surface area contributed by atoms with Gasteiger partial charge in [0.2, 0.25) is 5.91 Å². The fourth-order valence-electron chi connectivity index (χ4n) is 3.34. The van der Waals surface area contributed by atoms with Crippen LogP contribution in [0.1, 0.15) is 31.2 Å². The van der Waals surface area contributed by atoms with Gasteiger partial charge in [0, 0.05) is 23.7 Å². The molecule has 2 aromatic carbocycles. The standard InChI is InChI=1S/C20H18ClNO3/c21-15-4-1-3-14(13-15)20(10-11-20)19(24)25-17-8-6-16(7-9-17)22-12-2-5-18(22)23/h1,3-4,6-9,13H,2,5,10-12H2. The first-order chi connectivity index (χ1) is 12.1. The van der Waals surface area contributed by atoms with Crippen molar-refractivity contribution in [2.75, 3.05) is 11.4 Å².